The van der Waals surface area contributed by atoms with Gasteiger partial charge in [-0.05, 0) is 42.5 Å². The number of benzene rings is 3. The molecule has 0 aliphatic heterocycles. The SMILES string of the molecule is O=S(=O)(Nc1ccccc1NS(=O)(=O)c1cc2ccccc2o1)c1ccc(Cl)cc1. The fraction of sp³-hybridized carbons (Fsp3) is 0. The van der Waals surface area contributed by atoms with E-state index in [9.17, 15) is 16.8 Å². The summed E-state index contributed by atoms with van der Waals surface area (Å²) in [4.78, 5) is -0.0122. The van der Waals surface area contributed by atoms with Gasteiger partial charge in [-0.25, -0.2) is 8.42 Å². The van der Waals surface area contributed by atoms with E-state index in [0.29, 0.717) is 16.0 Å². The number of rotatable bonds is 6. The molecule has 1 heterocycles. The normalized spacial score (nSPS) is 12.0. The molecule has 0 fully saturated rings. The maximum Gasteiger partial charge on any atom is 0.295 e. The predicted molar refractivity (Wildman–Crippen MR) is 116 cm³/mol. The molecule has 0 spiro atoms. The summed E-state index contributed by atoms with van der Waals surface area (Å²) in [7, 11) is -8.05. The van der Waals surface area contributed by atoms with Crippen LogP contribution in [0.25, 0.3) is 11.0 Å². The zero-order valence-corrected chi connectivity index (χ0v) is 17.6. The van der Waals surface area contributed by atoms with Crippen LogP contribution in [0.4, 0.5) is 11.4 Å². The second kappa shape index (κ2) is 7.67. The van der Waals surface area contributed by atoms with Crippen molar-refractivity contribution in [2.45, 2.75) is 9.99 Å². The Bertz CT molecular complexity index is 1400. The van der Waals surface area contributed by atoms with Gasteiger partial charge in [0, 0.05) is 16.5 Å². The molecular weight excluding hydrogens is 448 g/mol. The fourth-order valence-electron chi connectivity index (χ4n) is 2.76. The molecule has 0 saturated heterocycles. The topological polar surface area (TPSA) is 105 Å². The molecule has 1 aromatic heterocycles. The standard InChI is InChI=1S/C20H15ClN2O5S2/c21-15-9-11-16(12-10-15)29(24,25)22-17-6-2-3-7-18(17)23-30(26,27)20-13-14-5-1-4-8-19(14)28-20/h1-13,22-23H. The summed E-state index contributed by atoms with van der Waals surface area (Å²) in [5.41, 5.74) is 0.539. The van der Waals surface area contributed by atoms with Crippen LogP contribution in [0.3, 0.4) is 0 Å². The molecule has 30 heavy (non-hydrogen) atoms. The number of para-hydroxylation sites is 3. The van der Waals surface area contributed by atoms with Crippen molar-refractivity contribution in [3.63, 3.8) is 0 Å². The molecule has 2 N–H and O–H groups in total. The van der Waals surface area contributed by atoms with E-state index < -0.39 is 20.0 Å². The third-order valence-electron chi connectivity index (χ3n) is 4.21. The van der Waals surface area contributed by atoms with Gasteiger partial charge in [-0.15, -0.1) is 0 Å². The molecule has 0 aliphatic rings. The molecule has 0 unspecified atom stereocenters. The van der Waals surface area contributed by atoms with E-state index in [1.807, 2.05) is 0 Å². The molecular formula is C20H15ClN2O5S2. The molecule has 0 aliphatic carbocycles. The molecule has 3 aromatic carbocycles. The van der Waals surface area contributed by atoms with Crippen molar-refractivity contribution < 1.29 is 21.3 Å². The Morgan fingerprint density at radius 3 is 1.90 bits per heavy atom. The van der Waals surface area contributed by atoms with E-state index in [2.05, 4.69) is 9.44 Å². The minimum atomic E-state index is -4.09. The fourth-order valence-corrected chi connectivity index (χ4v) is 5.02. The summed E-state index contributed by atoms with van der Waals surface area (Å²) < 4.78 is 61.1. The van der Waals surface area contributed by atoms with Crippen molar-refractivity contribution in [1.29, 1.82) is 0 Å². The quantitative estimate of drug-likeness (QED) is 0.432. The molecule has 0 atom stereocenters. The van der Waals surface area contributed by atoms with Crippen LogP contribution in [-0.2, 0) is 20.0 Å². The van der Waals surface area contributed by atoms with Gasteiger partial charge in [0.15, 0.2) is 0 Å². The largest absolute Gasteiger partial charge is 0.443 e. The van der Waals surface area contributed by atoms with Crippen molar-refractivity contribution in [3.05, 3.63) is 83.9 Å². The van der Waals surface area contributed by atoms with Crippen LogP contribution in [-0.4, -0.2) is 16.8 Å². The summed E-state index contributed by atoms with van der Waals surface area (Å²) in [5, 5.41) is 0.751. The molecule has 0 saturated carbocycles. The van der Waals surface area contributed by atoms with Crippen LogP contribution in [0.1, 0.15) is 0 Å². The molecule has 0 amide bonds. The van der Waals surface area contributed by atoms with Gasteiger partial charge < -0.3 is 4.42 Å². The molecule has 10 heteroatoms. The van der Waals surface area contributed by atoms with Crippen LogP contribution >= 0.6 is 11.6 Å². The smallest absolute Gasteiger partial charge is 0.295 e. The van der Waals surface area contributed by atoms with Gasteiger partial charge in [0.2, 0.25) is 5.09 Å². The zero-order valence-electron chi connectivity index (χ0n) is 15.2. The first-order chi connectivity index (χ1) is 14.2. The lowest BCUT2D eigenvalue weighted by Gasteiger charge is -2.13. The van der Waals surface area contributed by atoms with Gasteiger partial charge in [0.25, 0.3) is 20.0 Å². The molecule has 4 rings (SSSR count). The Hall–Kier alpha value is -3.01. The van der Waals surface area contributed by atoms with Crippen LogP contribution in [0.5, 0.6) is 0 Å². The average Bonchev–Trinajstić information content (AvgIpc) is 3.15. The van der Waals surface area contributed by atoms with Crippen LogP contribution < -0.4 is 9.44 Å². The van der Waals surface area contributed by atoms with Gasteiger partial charge in [-0.3, -0.25) is 9.44 Å². The number of hydrogen-bond acceptors (Lipinski definition) is 5. The number of fused-ring (bicyclic) bond motifs is 1. The lowest BCUT2D eigenvalue weighted by molar-refractivity contribution is 0.484. The predicted octanol–water partition coefficient (Wildman–Crippen LogP) is 4.69. The lowest BCUT2D eigenvalue weighted by Crippen LogP contribution is -2.17. The highest BCUT2D eigenvalue weighted by Crippen LogP contribution is 2.29. The highest BCUT2D eigenvalue weighted by Gasteiger charge is 2.22. The van der Waals surface area contributed by atoms with Gasteiger partial charge in [-0.1, -0.05) is 41.9 Å². The number of hydrogen-bond donors (Lipinski definition) is 2. The van der Waals surface area contributed by atoms with Crippen molar-refractivity contribution in [2.75, 3.05) is 9.44 Å². The van der Waals surface area contributed by atoms with Gasteiger partial charge in [-0.2, -0.15) is 8.42 Å². The van der Waals surface area contributed by atoms with Gasteiger partial charge in [0.1, 0.15) is 5.58 Å². The summed E-state index contributed by atoms with van der Waals surface area (Å²) in [5.74, 6) is 0. The summed E-state index contributed by atoms with van der Waals surface area (Å²) in [6, 6.07) is 19.9. The van der Waals surface area contributed by atoms with E-state index in [1.165, 1.54) is 42.5 Å². The highest BCUT2D eigenvalue weighted by molar-refractivity contribution is 7.93. The Labute approximate surface area is 178 Å². The van der Waals surface area contributed by atoms with E-state index in [-0.39, 0.29) is 21.4 Å². The summed E-state index contributed by atoms with van der Waals surface area (Å²) in [6.45, 7) is 0. The maximum absolute atomic E-state index is 12.8. The number of anilines is 2. The molecule has 7 nitrogen and oxygen atoms in total. The van der Waals surface area contributed by atoms with E-state index in [1.54, 1.807) is 36.4 Å². The minimum Gasteiger partial charge on any atom is -0.443 e. The molecule has 0 bridgehead atoms. The second-order valence-corrected chi connectivity index (χ2v) is 10.0. The van der Waals surface area contributed by atoms with E-state index in [4.69, 9.17) is 16.0 Å². The minimum absolute atomic E-state index is 0.0122. The number of halogens is 1. The Morgan fingerprint density at radius 1 is 0.700 bits per heavy atom. The Kier molecular flexibility index (Phi) is 5.19. The first-order valence-corrected chi connectivity index (χ1v) is 12.0. The second-order valence-electron chi connectivity index (χ2n) is 6.31. The van der Waals surface area contributed by atoms with Crippen molar-refractivity contribution >= 4 is 54.0 Å². The van der Waals surface area contributed by atoms with Gasteiger partial charge in [0.05, 0.1) is 16.3 Å². The monoisotopic (exact) mass is 462 g/mol. The van der Waals surface area contributed by atoms with Crippen molar-refractivity contribution in [3.8, 4) is 0 Å². The van der Waals surface area contributed by atoms with E-state index >= 15 is 0 Å². The van der Waals surface area contributed by atoms with Crippen LogP contribution in [0.15, 0.2) is 93.3 Å². The number of nitrogens with one attached hydrogen (secondary N) is 2. The first-order valence-electron chi connectivity index (χ1n) is 8.63. The Morgan fingerprint density at radius 2 is 1.27 bits per heavy atom. The van der Waals surface area contributed by atoms with E-state index in [0.717, 1.165) is 0 Å². The van der Waals surface area contributed by atoms with Crippen LogP contribution in [0, 0.1) is 0 Å². The number of sulfonamides is 2. The van der Waals surface area contributed by atoms with Crippen molar-refractivity contribution in [2.24, 2.45) is 0 Å². The Balaban J connectivity index is 1.65. The molecule has 0 radical (unpaired) electrons. The third kappa shape index (κ3) is 4.13. The average molecular weight is 463 g/mol. The molecule has 4 aromatic rings. The maximum atomic E-state index is 12.8. The summed E-state index contributed by atoms with van der Waals surface area (Å²) in [6.07, 6.45) is 0. The molecule has 154 valence electrons. The summed E-state index contributed by atoms with van der Waals surface area (Å²) >= 11 is 5.81. The first kappa shape index (κ1) is 20.3. The lowest BCUT2D eigenvalue weighted by atomic mass is 10.3. The van der Waals surface area contributed by atoms with Crippen molar-refractivity contribution in [1.82, 2.24) is 0 Å². The van der Waals surface area contributed by atoms with Gasteiger partial charge >= 0.3 is 0 Å². The van der Waals surface area contributed by atoms with Crippen LogP contribution in [0.2, 0.25) is 5.02 Å². The number of furan rings is 1. The highest BCUT2D eigenvalue weighted by atomic mass is 35.5. The third-order valence-corrected chi connectivity index (χ3v) is 7.06. The zero-order chi connectivity index (χ0) is 21.4.